The van der Waals surface area contributed by atoms with Gasteiger partial charge in [-0.1, -0.05) is 17.7 Å². The molecule has 0 bridgehead atoms. The van der Waals surface area contributed by atoms with Crippen molar-refractivity contribution in [2.75, 3.05) is 23.9 Å². The van der Waals surface area contributed by atoms with Crippen molar-refractivity contribution in [1.82, 2.24) is 4.98 Å². The number of alkyl halides is 3. The molecule has 176 valence electrons. The maximum absolute atomic E-state index is 13.4. The van der Waals surface area contributed by atoms with Crippen molar-refractivity contribution < 1.29 is 31.1 Å². The Morgan fingerprint density at radius 3 is 2.52 bits per heavy atom. The lowest BCUT2D eigenvalue weighted by molar-refractivity contribution is -0.137. The van der Waals surface area contributed by atoms with Crippen LogP contribution >= 0.6 is 11.6 Å². The van der Waals surface area contributed by atoms with Gasteiger partial charge in [-0.15, -0.1) is 0 Å². The molecule has 7 nitrogen and oxygen atoms in total. The summed E-state index contributed by atoms with van der Waals surface area (Å²) in [6.07, 6.45) is -3.39. The van der Waals surface area contributed by atoms with Gasteiger partial charge in [0, 0.05) is 25.1 Å². The molecular weight excluding hydrogens is 483 g/mol. The zero-order chi connectivity index (χ0) is 24.4. The van der Waals surface area contributed by atoms with Crippen LogP contribution in [0.2, 0.25) is 5.02 Å². The van der Waals surface area contributed by atoms with Crippen LogP contribution in [0.1, 0.15) is 11.1 Å². The van der Waals surface area contributed by atoms with Gasteiger partial charge in [-0.05, 0) is 48.9 Å². The number of methoxy groups -OCH3 is 1. The third-order valence-corrected chi connectivity index (χ3v) is 6.45. The van der Waals surface area contributed by atoms with Crippen molar-refractivity contribution in [3.63, 3.8) is 0 Å². The number of aromatic nitrogens is 1. The molecule has 0 spiro atoms. The first kappa shape index (κ1) is 24.6. The smallest absolute Gasteiger partial charge is 0.417 e. The van der Waals surface area contributed by atoms with Crippen molar-refractivity contribution in [3.8, 4) is 11.6 Å². The Labute approximate surface area is 193 Å². The van der Waals surface area contributed by atoms with Gasteiger partial charge in [0.2, 0.25) is 5.88 Å². The summed E-state index contributed by atoms with van der Waals surface area (Å²) in [6.45, 7) is 1.15. The van der Waals surface area contributed by atoms with E-state index in [0.29, 0.717) is 17.3 Å². The van der Waals surface area contributed by atoms with E-state index in [1.807, 2.05) is 0 Å². The van der Waals surface area contributed by atoms with Crippen molar-refractivity contribution in [2.45, 2.75) is 18.0 Å². The Bertz CT molecular complexity index is 1270. The van der Waals surface area contributed by atoms with E-state index in [4.69, 9.17) is 26.8 Å². The van der Waals surface area contributed by atoms with Gasteiger partial charge in [-0.25, -0.2) is 17.7 Å². The molecule has 0 saturated heterocycles. The van der Waals surface area contributed by atoms with Crippen LogP contribution in [0.5, 0.6) is 11.6 Å². The van der Waals surface area contributed by atoms with Crippen molar-refractivity contribution >= 4 is 33.0 Å². The lowest BCUT2D eigenvalue weighted by Gasteiger charge is -2.25. The SMILES string of the molecule is COCN(c1cc(C)cnc1Oc1cccc(N)c1)S(=O)(=O)c1ccc(Cl)c(C(F)(F)F)c1. The highest BCUT2D eigenvalue weighted by atomic mass is 35.5. The van der Waals surface area contributed by atoms with Crippen molar-refractivity contribution in [1.29, 1.82) is 0 Å². The van der Waals surface area contributed by atoms with E-state index in [0.717, 1.165) is 16.4 Å². The summed E-state index contributed by atoms with van der Waals surface area (Å²) < 4.78 is 78.4. The molecule has 0 fully saturated rings. The maximum atomic E-state index is 13.4. The number of rotatable bonds is 7. The summed E-state index contributed by atoms with van der Waals surface area (Å²) in [6, 6.07) is 10.2. The fourth-order valence-corrected chi connectivity index (χ4v) is 4.50. The number of hydrogen-bond donors (Lipinski definition) is 1. The number of pyridine rings is 1. The monoisotopic (exact) mass is 501 g/mol. The minimum Gasteiger partial charge on any atom is -0.437 e. The molecular formula is C21H19ClF3N3O4S. The largest absolute Gasteiger partial charge is 0.437 e. The van der Waals surface area contributed by atoms with Gasteiger partial charge in [-0.3, -0.25) is 0 Å². The van der Waals surface area contributed by atoms with Crippen LogP contribution in [-0.4, -0.2) is 27.2 Å². The van der Waals surface area contributed by atoms with E-state index in [-0.39, 0.29) is 17.3 Å². The molecule has 3 aromatic rings. The predicted octanol–water partition coefficient (Wildman–Crippen LogP) is 5.24. The highest BCUT2D eigenvalue weighted by molar-refractivity contribution is 7.92. The molecule has 2 N–H and O–H groups in total. The number of benzene rings is 2. The Kier molecular flexibility index (Phi) is 7.06. The first-order valence-corrected chi connectivity index (χ1v) is 11.1. The second-order valence-corrected chi connectivity index (χ2v) is 9.19. The Morgan fingerprint density at radius 2 is 1.88 bits per heavy atom. The minimum atomic E-state index is -4.85. The van der Waals surface area contributed by atoms with E-state index < -0.39 is 38.4 Å². The van der Waals surface area contributed by atoms with Crippen LogP contribution in [0.25, 0.3) is 0 Å². The third-order valence-electron chi connectivity index (χ3n) is 4.39. The number of halogens is 4. The molecule has 0 saturated carbocycles. The number of nitrogen functional groups attached to an aromatic ring is 1. The van der Waals surface area contributed by atoms with Gasteiger partial charge < -0.3 is 15.2 Å². The second kappa shape index (κ2) is 9.46. The summed E-state index contributed by atoms with van der Waals surface area (Å²) in [7, 11) is -3.31. The summed E-state index contributed by atoms with van der Waals surface area (Å²) >= 11 is 5.64. The fourth-order valence-electron chi connectivity index (χ4n) is 2.88. The normalized spacial score (nSPS) is 11.9. The number of nitrogens with zero attached hydrogens (tertiary/aromatic N) is 2. The number of hydrogen-bond acceptors (Lipinski definition) is 6. The average Bonchev–Trinajstić information content (AvgIpc) is 2.72. The van der Waals surface area contributed by atoms with Gasteiger partial charge in [0.15, 0.2) is 0 Å². The van der Waals surface area contributed by atoms with Crippen molar-refractivity contribution in [2.24, 2.45) is 0 Å². The highest BCUT2D eigenvalue weighted by Gasteiger charge is 2.36. The maximum Gasteiger partial charge on any atom is 0.417 e. The molecule has 1 heterocycles. The van der Waals surface area contributed by atoms with Gasteiger partial charge in [0.1, 0.15) is 18.2 Å². The quantitative estimate of drug-likeness (QED) is 0.351. The summed E-state index contributed by atoms with van der Waals surface area (Å²) in [4.78, 5) is 3.53. The zero-order valence-corrected chi connectivity index (χ0v) is 19.0. The number of sulfonamides is 1. The highest BCUT2D eigenvalue weighted by Crippen LogP contribution is 2.38. The molecule has 0 aliphatic carbocycles. The summed E-state index contributed by atoms with van der Waals surface area (Å²) in [5.74, 6) is 0.171. The molecule has 0 aliphatic rings. The van der Waals surface area contributed by atoms with E-state index in [2.05, 4.69) is 4.98 Å². The van der Waals surface area contributed by atoms with Gasteiger partial charge in [0.05, 0.1) is 15.5 Å². The third kappa shape index (κ3) is 5.49. The second-order valence-electron chi connectivity index (χ2n) is 6.92. The summed E-state index contributed by atoms with van der Waals surface area (Å²) in [5.41, 5.74) is 5.43. The molecule has 0 aliphatic heterocycles. The van der Waals surface area contributed by atoms with Crippen LogP contribution in [0.3, 0.4) is 0 Å². The molecule has 12 heteroatoms. The Hall–Kier alpha value is -3.02. The first-order valence-electron chi connectivity index (χ1n) is 9.32. The molecule has 0 radical (unpaired) electrons. The van der Waals surface area contributed by atoms with E-state index in [1.165, 1.54) is 25.4 Å². The molecule has 2 aromatic carbocycles. The molecule has 0 atom stereocenters. The topological polar surface area (TPSA) is 94.8 Å². The summed E-state index contributed by atoms with van der Waals surface area (Å²) in [5, 5.41) is -0.623. The zero-order valence-electron chi connectivity index (χ0n) is 17.4. The predicted molar refractivity (Wildman–Crippen MR) is 118 cm³/mol. The minimum absolute atomic E-state index is 0.0391. The van der Waals surface area contributed by atoms with Crippen LogP contribution in [0.4, 0.5) is 24.5 Å². The Balaban J connectivity index is 2.14. The van der Waals surface area contributed by atoms with Crippen molar-refractivity contribution in [3.05, 3.63) is 70.9 Å². The standard InChI is InChI=1S/C21H19ClF3N3O4S/c1-13-8-19(20(27-11-13)32-15-5-3-4-14(26)9-15)28(12-31-2)33(29,30)16-6-7-18(22)17(10-16)21(23,24)25/h3-11H,12,26H2,1-2H3. The molecule has 1 aromatic heterocycles. The number of nitrogens with two attached hydrogens (primary N) is 1. The van der Waals surface area contributed by atoms with E-state index >= 15 is 0 Å². The van der Waals surface area contributed by atoms with E-state index in [1.54, 1.807) is 25.1 Å². The number of aryl methyl sites for hydroxylation is 1. The average molecular weight is 502 g/mol. The molecule has 0 amide bonds. The molecule has 33 heavy (non-hydrogen) atoms. The number of anilines is 2. The lowest BCUT2D eigenvalue weighted by atomic mass is 10.2. The number of ether oxygens (including phenoxy) is 2. The lowest BCUT2D eigenvalue weighted by Crippen LogP contribution is -2.33. The molecule has 0 unspecified atom stereocenters. The van der Waals surface area contributed by atoms with Crippen LogP contribution < -0.4 is 14.8 Å². The van der Waals surface area contributed by atoms with E-state index in [9.17, 15) is 21.6 Å². The van der Waals surface area contributed by atoms with Crippen LogP contribution in [0, 0.1) is 6.92 Å². The van der Waals surface area contributed by atoms with Gasteiger partial charge in [0.25, 0.3) is 10.0 Å². The van der Waals surface area contributed by atoms with Gasteiger partial charge in [-0.2, -0.15) is 13.2 Å². The first-order chi connectivity index (χ1) is 15.4. The van der Waals surface area contributed by atoms with Gasteiger partial charge >= 0.3 is 6.18 Å². The van der Waals surface area contributed by atoms with Crippen LogP contribution in [-0.2, 0) is 20.9 Å². The Morgan fingerprint density at radius 1 is 1.15 bits per heavy atom. The van der Waals surface area contributed by atoms with Crippen LogP contribution in [0.15, 0.2) is 59.6 Å². The molecule has 3 rings (SSSR count). The fraction of sp³-hybridized carbons (Fsp3) is 0.190.